The Morgan fingerprint density at radius 3 is 2.58 bits per heavy atom. The molecular formula is C19H33N3OS. The molecule has 1 aromatic rings. The number of rotatable bonds is 8. The highest BCUT2D eigenvalue weighted by molar-refractivity contribution is 7.98. The summed E-state index contributed by atoms with van der Waals surface area (Å²) in [5, 5.41) is 6.74. The molecule has 0 heterocycles. The van der Waals surface area contributed by atoms with Crippen LogP contribution in [-0.4, -0.2) is 37.2 Å². The summed E-state index contributed by atoms with van der Waals surface area (Å²) in [6, 6.07) is 6.33. The summed E-state index contributed by atoms with van der Waals surface area (Å²) in [4.78, 5) is 4.29. The summed E-state index contributed by atoms with van der Waals surface area (Å²) in [7, 11) is 1.80. The van der Waals surface area contributed by atoms with Crippen LogP contribution >= 0.6 is 11.8 Å². The normalized spacial score (nSPS) is 12.2. The number of thioether (sulfide) groups is 1. The number of aryl methyl sites for hydroxylation is 1. The maximum Gasteiger partial charge on any atom is 0.191 e. The van der Waals surface area contributed by atoms with Gasteiger partial charge in [-0.3, -0.25) is 4.99 Å². The standard InChI is InChI=1S/C19H33N3OS/c1-15-9-10-16(17(13-15)23-19(2,3)4)14-22-18(20-5)21-11-7-8-12-24-6/h9-10,13H,7-8,11-12,14H2,1-6H3,(H2,20,21,22). The second-order valence-electron chi connectivity index (χ2n) is 6.88. The van der Waals surface area contributed by atoms with Gasteiger partial charge in [-0.1, -0.05) is 12.1 Å². The van der Waals surface area contributed by atoms with Crippen molar-refractivity contribution in [1.29, 1.82) is 0 Å². The van der Waals surface area contributed by atoms with Crippen molar-refractivity contribution in [3.8, 4) is 5.75 Å². The number of aliphatic imine (C=N–C) groups is 1. The van der Waals surface area contributed by atoms with Gasteiger partial charge < -0.3 is 15.4 Å². The lowest BCUT2D eigenvalue weighted by Gasteiger charge is -2.24. The predicted molar refractivity (Wildman–Crippen MR) is 107 cm³/mol. The Hall–Kier alpha value is -1.36. The number of guanidine groups is 1. The second-order valence-corrected chi connectivity index (χ2v) is 7.86. The van der Waals surface area contributed by atoms with Crippen LogP contribution in [-0.2, 0) is 6.54 Å². The summed E-state index contributed by atoms with van der Waals surface area (Å²) in [6.45, 7) is 9.93. The van der Waals surface area contributed by atoms with Crippen molar-refractivity contribution in [2.24, 2.45) is 4.99 Å². The van der Waals surface area contributed by atoms with E-state index >= 15 is 0 Å². The molecule has 0 fully saturated rings. The molecule has 0 atom stereocenters. The van der Waals surface area contributed by atoms with E-state index in [0.717, 1.165) is 30.2 Å². The molecule has 24 heavy (non-hydrogen) atoms. The molecule has 0 spiro atoms. The fraction of sp³-hybridized carbons (Fsp3) is 0.632. The van der Waals surface area contributed by atoms with Gasteiger partial charge in [0.15, 0.2) is 5.96 Å². The third kappa shape index (κ3) is 8.48. The van der Waals surface area contributed by atoms with E-state index in [1.54, 1.807) is 7.05 Å². The zero-order chi connectivity index (χ0) is 18.0. The molecular weight excluding hydrogens is 318 g/mol. The third-order valence-electron chi connectivity index (χ3n) is 3.38. The Morgan fingerprint density at radius 2 is 1.96 bits per heavy atom. The number of hydrogen-bond donors (Lipinski definition) is 2. The average Bonchev–Trinajstić information content (AvgIpc) is 2.50. The molecule has 0 aliphatic carbocycles. The fourth-order valence-electron chi connectivity index (χ4n) is 2.21. The van der Waals surface area contributed by atoms with Gasteiger partial charge >= 0.3 is 0 Å². The molecule has 0 saturated carbocycles. The van der Waals surface area contributed by atoms with Crippen LogP contribution in [0.4, 0.5) is 0 Å². The first-order valence-electron chi connectivity index (χ1n) is 8.57. The van der Waals surface area contributed by atoms with Crippen LogP contribution < -0.4 is 15.4 Å². The Bertz CT molecular complexity index is 524. The molecule has 0 unspecified atom stereocenters. The van der Waals surface area contributed by atoms with Crippen molar-refractivity contribution < 1.29 is 4.74 Å². The first-order chi connectivity index (χ1) is 11.4. The van der Waals surface area contributed by atoms with Crippen molar-refractivity contribution in [3.05, 3.63) is 29.3 Å². The van der Waals surface area contributed by atoms with E-state index in [2.05, 4.69) is 67.8 Å². The van der Waals surface area contributed by atoms with E-state index in [9.17, 15) is 0 Å². The number of nitrogens with one attached hydrogen (secondary N) is 2. The molecule has 0 saturated heterocycles. The number of nitrogens with zero attached hydrogens (tertiary/aromatic N) is 1. The third-order valence-corrected chi connectivity index (χ3v) is 4.07. The van der Waals surface area contributed by atoms with Crippen LogP contribution in [0.2, 0.25) is 0 Å². The van der Waals surface area contributed by atoms with E-state index in [4.69, 9.17) is 4.74 Å². The largest absolute Gasteiger partial charge is 0.488 e. The highest BCUT2D eigenvalue weighted by Gasteiger charge is 2.15. The van der Waals surface area contributed by atoms with Gasteiger partial charge in [0.25, 0.3) is 0 Å². The summed E-state index contributed by atoms with van der Waals surface area (Å²) < 4.78 is 6.10. The highest BCUT2D eigenvalue weighted by atomic mass is 32.2. The molecule has 5 heteroatoms. The minimum Gasteiger partial charge on any atom is -0.488 e. The summed E-state index contributed by atoms with van der Waals surface area (Å²) >= 11 is 1.89. The van der Waals surface area contributed by atoms with Crippen molar-refractivity contribution in [3.63, 3.8) is 0 Å². The van der Waals surface area contributed by atoms with Gasteiger partial charge in [-0.25, -0.2) is 0 Å². The maximum atomic E-state index is 6.10. The molecule has 0 bridgehead atoms. The number of hydrogen-bond acceptors (Lipinski definition) is 3. The molecule has 1 rings (SSSR count). The first kappa shape index (κ1) is 20.7. The van der Waals surface area contributed by atoms with Crippen molar-refractivity contribution in [1.82, 2.24) is 10.6 Å². The number of benzene rings is 1. The van der Waals surface area contributed by atoms with Crippen LogP contribution in [0.25, 0.3) is 0 Å². The quantitative estimate of drug-likeness (QED) is 0.422. The minimum atomic E-state index is -0.209. The average molecular weight is 352 g/mol. The van der Waals surface area contributed by atoms with Gasteiger partial charge in [0.05, 0.1) is 0 Å². The summed E-state index contributed by atoms with van der Waals surface area (Å²) in [6.07, 6.45) is 4.53. The maximum absolute atomic E-state index is 6.10. The Balaban J connectivity index is 2.58. The lowest BCUT2D eigenvalue weighted by molar-refractivity contribution is 0.129. The molecule has 2 N–H and O–H groups in total. The van der Waals surface area contributed by atoms with Gasteiger partial charge in [0, 0.05) is 25.7 Å². The minimum absolute atomic E-state index is 0.209. The zero-order valence-electron chi connectivity index (χ0n) is 16.0. The van der Waals surface area contributed by atoms with E-state index in [1.807, 2.05) is 11.8 Å². The Labute approximate surface area is 151 Å². The molecule has 0 aliphatic heterocycles. The van der Waals surface area contributed by atoms with Crippen molar-refractivity contribution in [2.45, 2.75) is 52.7 Å². The van der Waals surface area contributed by atoms with Gasteiger partial charge in [0.1, 0.15) is 11.4 Å². The molecule has 0 amide bonds. The molecule has 1 aromatic carbocycles. The SMILES string of the molecule is CN=C(NCCCCSC)NCc1ccc(C)cc1OC(C)(C)C. The molecule has 4 nitrogen and oxygen atoms in total. The monoisotopic (exact) mass is 351 g/mol. The van der Waals surface area contributed by atoms with Gasteiger partial charge in [-0.15, -0.1) is 0 Å². The van der Waals surface area contributed by atoms with E-state index in [1.165, 1.54) is 17.7 Å². The molecule has 136 valence electrons. The summed E-state index contributed by atoms with van der Waals surface area (Å²) in [5.74, 6) is 2.98. The number of unbranched alkanes of at least 4 members (excludes halogenated alkanes) is 1. The predicted octanol–water partition coefficient (Wildman–Crippen LogP) is 3.98. The number of ether oxygens (including phenoxy) is 1. The Kier molecular flexibility index (Phi) is 9.04. The van der Waals surface area contributed by atoms with Crippen molar-refractivity contribution in [2.75, 3.05) is 25.6 Å². The smallest absolute Gasteiger partial charge is 0.191 e. The zero-order valence-corrected chi connectivity index (χ0v) is 16.8. The summed E-state index contributed by atoms with van der Waals surface area (Å²) in [5.41, 5.74) is 2.13. The van der Waals surface area contributed by atoms with Gasteiger partial charge in [0.2, 0.25) is 0 Å². The second kappa shape index (κ2) is 10.5. The van der Waals surface area contributed by atoms with E-state index < -0.39 is 0 Å². The lowest BCUT2D eigenvalue weighted by atomic mass is 10.1. The lowest BCUT2D eigenvalue weighted by Crippen LogP contribution is -2.37. The van der Waals surface area contributed by atoms with Crippen LogP contribution in [0, 0.1) is 6.92 Å². The topological polar surface area (TPSA) is 45.7 Å². The highest BCUT2D eigenvalue weighted by Crippen LogP contribution is 2.24. The van der Waals surface area contributed by atoms with Crippen LogP contribution in [0.5, 0.6) is 5.75 Å². The van der Waals surface area contributed by atoms with Crippen LogP contribution in [0.15, 0.2) is 23.2 Å². The molecule has 0 aromatic heterocycles. The van der Waals surface area contributed by atoms with Gasteiger partial charge in [-0.05, 0) is 64.2 Å². The van der Waals surface area contributed by atoms with Crippen LogP contribution in [0.1, 0.15) is 44.7 Å². The molecule has 0 radical (unpaired) electrons. The Morgan fingerprint density at radius 1 is 1.21 bits per heavy atom. The van der Waals surface area contributed by atoms with E-state index in [0.29, 0.717) is 6.54 Å². The van der Waals surface area contributed by atoms with Crippen molar-refractivity contribution >= 4 is 17.7 Å². The van der Waals surface area contributed by atoms with Crippen LogP contribution in [0.3, 0.4) is 0 Å². The first-order valence-corrected chi connectivity index (χ1v) is 9.97. The fourth-order valence-corrected chi connectivity index (χ4v) is 2.70. The molecule has 0 aliphatic rings. The van der Waals surface area contributed by atoms with Gasteiger partial charge in [-0.2, -0.15) is 11.8 Å². The van der Waals surface area contributed by atoms with E-state index in [-0.39, 0.29) is 5.60 Å².